The van der Waals surface area contributed by atoms with Crippen LogP contribution in [0, 0.1) is 0 Å². The highest BCUT2D eigenvalue weighted by Crippen LogP contribution is 2.19. The summed E-state index contributed by atoms with van der Waals surface area (Å²) in [4.78, 5) is 11.4. The molecule has 0 bridgehead atoms. The first-order chi connectivity index (χ1) is 7.77. The van der Waals surface area contributed by atoms with Gasteiger partial charge in [-0.2, -0.15) is 0 Å². The number of carbonyl (C=O) groups excluding carboxylic acids is 1. The number of ether oxygens (including phenoxy) is 1. The molecule has 0 aromatic heterocycles. The molecule has 92 valence electrons. The van der Waals surface area contributed by atoms with Crippen LogP contribution in [0.25, 0.3) is 0 Å². The lowest BCUT2D eigenvalue weighted by atomic mass is 9.99. The van der Waals surface area contributed by atoms with Crippen LogP contribution in [-0.2, 0) is 9.53 Å². The average molecular weight is 225 g/mol. The van der Waals surface area contributed by atoms with Crippen LogP contribution >= 0.6 is 0 Å². The van der Waals surface area contributed by atoms with Crippen LogP contribution in [0.2, 0.25) is 0 Å². The molecule has 1 aliphatic rings. The second kappa shape index (κ2) is 7.44. The van der Waals surface area contributed by atoms with Gasteiger partial charge in [0, 0.05) is 12.1 Å². The maximum atomic E-state index is 11.4. The fraction of sp³-hybridized carbons (Fsp3) is 0.769. The lowest BCUT2D eigenvalue weighted by Gasteiger charge is -2.14. The van der Waals surface area contributed by atoms with Crippen LogP contribution < -0.4 is 5.32 Å². The highest BCUT2D eigenvalue weighted by atomic mass is 16.5. The summed E-state index contributed by atoms with van der Waals surface area (Å²) in [7, 11) is 0. The van der Waals surface area contributed by atoms with E-state index in [0.29, 0.717) is 12.6 Å². The van der Waals surface area contributed by atoms with Crippen molar-refractivity contribution < 1.29 is 9.53 Å². The Kier molecular flexibility index (Phi) is 6.16. The molecular weight excluding hydrogens is 202 g/mol. The SMILES string of the molecule is CCCC/C(=C/C(=O)OCC)C1CCCN1. The molecular formula is C13H23NO2. The Labute approximate surface area is 98.2 Å². The van der Waals surface area contributed by atoms with Gasteiger partial charge < -0.3 is 10.1 Å². The van der Waals surface area contributed by atoms with E-state index in [1.165, 1.54) is 12.0 Å². The Bertz CT molecular complexity index is 242. The maximum Gasteiger partial charge on any atom is 0.330 e. The monoisotopic (exact) mass is 225 g/mol. The molecule has 1 N–H and O–H groups in total. The molecule has 1 unspecified atom stereocenters. The van der Waals surface area contributed by atoms with Crippen molar-refractivity contribution in [2.24, 2.45) is 0 Å². The van der Waals surface area contributed by atoms with E-state index >= 15 is 0 Å². The van der Waals surface area contributed by atoms with Gasteiger partial charge in [0.05, 0.1) is 6.61 Å². The molecule has 0 aliphatic carbocycles. The van der Waals surface area contributed by atoms with E-state index in [1.54, 1.807) is 6.08 Å². The highest BCUT2D eigenvalue weighted by molar-refractivity contribution is 5.83. The molecule has 0 amide bonds. The summed E-state index contributed by atoms with van der Waals surface area (Å²) in [6.45, 7) is 5.53. The zero-order valence-corrected chi connectivity index (χ0v) is 10.4. The van der Waals surface area contributed by atoms with Crippen molar-refractivity contribution >= 4 is 5.97 Å². The van der Waals surface area contributed by atoms with Gasteiger partial charge in [-0.25, -0.2) is 4.79 Å². The van der Waals surface area contributed by atoms with Crippen molar-refractivity contribution in [3.63, 3.8) is 0 Å². The summed E-state index contributed by atoms with van der Waals surface area (Å²) in [6.07, 6.45) is 7.36. The third kappa shape index (κ3) is 4.35. The number of hydrogen-bond acceptors (Lipinski definition) is 3. The molecule has 1 fully saturated rings. The molecule has 1 rings (SSSR count). The molecule has 0 aromatic carbocycles. The van der Waals surface area contributed by atoms with Gasteiger partial charge in [-0.05, 0) is 44.7 Å². The zero-order valence-electron chi connectivity index (χ0n) is 10.4. The largest absolute Gasteiger partial charge is 0.463 e. The Morgan fingerprint density at radius 3 is 2.88 bits per heavy atom. The number of esters is 1. The quantitative estimate of drug-likeness (QED) is 0.557. The van der Waals surface area contributed by atoms with E-state index in [4.69, 9.17) is 4.74 Å². The van der Waals surface area contributed by atoms with Gasteiger partial charge in [0.25, 0.3) is 0 Å². The molecule has 1 saturated heterocycles. The molecule has 0 aromatic rings. The predicted octanol–water partition coefficient (Wildman–Crippen LogP) is 2.42. The van der Waals surface area contributed by atoms with Gasteiger partial charge in [0.1, 0.15) is 0 Å². The smallest absolute Gasteiger partial charge is 0.330 e. The van der Waals surface area contributed by atoms with Crippen LogP contribution in [0.4, 0.5) is 0 Å². The van der Waals surface area contributed by atoms with Crippen molar-refractivity contribution in [2.75, 3.05) is 13.2 Å². The van der Waals surface area contributed by atoms with Crippen molar-refractivity contribution in [3.8, 4) is 0 Å². The van der Waals surface area contributed by atoms with Crippen LogP contribution in [0.15, 0.2) is 11.6 Å². The fourth-order valence-corrected chi connectivity index (χ4v) is 2.06. The third-order valence-corrected chi connectivity index (χ3v) is 2.92. The van der Waals surface area contributed by atoms with Crippen LogP contribution in [0.3, 0.4) is 0 Å². The first-order valence-corrected chi connectivity index (χ1v) is 6.38. The van der Waals surface area contributed by atoms with E-state index in [0.717, 1.165) is 32.2 Å². The number of hydrogen-bond donors (Lipinski definition) is 1. The van der Waals surface area contributed by atoms with Crippen LogP contribution in [0.5, 0.6) is 0 Å². The summed E-state index contributed by atoms with van der Waals surface area (Å²) in [5.41, 5.74) is 1.22. The minimum absolute atomic E-state index is 0.192. The Morgan fingerprint density at radius 1 is 1.50 bits per heavy atom. The molecule has 0 saturated carbocycles. The topological polar surface area (TPSA) is 38.3 Å². The van der Waals surface area contributed by atoms with Gasteiger partial charge >= 0.3 is 5.97 Å². The van der Waals surface area contributed by atoms with Crippen molar-refractivity contribution in [1.29, 1.82) is 0 Å². The van der Waals surface area contributed by atoms with E-state index < -0.39 is 0 Å². The Hall–Kier alpha value is -0.830. The third-order valence-electron chi connectivity index (χ3n) is 2.92. The number of nitrogens with one attached hydrogen (secondary N) is 1. The van der Waals surface area contributed by atoms with Gasteiger partial charge in [0.15, 0.2) is 0 Å². The lowest BCUT2D eigenvalue weighted by Crippen LogP contribution is -2.24. The summed E-state index contributed by atoms with van der Waals surface area (Å²) >= 11 is 0. The molecule has 1 atom stereocenters. The summed E-state index contributed by atoms with van der Waals surface area (Å²) in [5.74, 6) is -0.192. The minimum Gasteiger partial charge on any atom is -0.463 e. The van der Waals surface area contributed by atoms with Crippen molar-refractivity contribution in [2.45, 2.75) is 52.0 Å². The first kappa shape index (κ1) is 13.2. The van der Waals surface area contributed by atoms with Gasteiger partial charge in [-0.1, -0.05) is 13.3 Å². The number of carbonyl (C=O) groups is 1. The Morgan fingerprint density at radius 2 is 2.31 bits per heavy atom. The molecule has 3 nitrogen and oxygen atoms in total. The van der Waals surface area contributed by atoms with Gasteiger partial charge in [0.2, 0.25) is 0 Å². The van der Waals surface area contributed by atoms with Crippen molar-refractivity contribution in [3.05, 3.63) is 11.6 Å². The second-order valence-corrected chi connectivity index (χ2v) is 4.22. The molecule has 16 heavy (non-hydrogen) atoms. The van der Waals surface area contributed by atoms with Crippen LogP contribution in [0.1, 0.15) is 46.0 Å². The minimum atomic E-state index is -0.192. The summed E-state index contributed by atoms with van der Waals surface area (Å²) in [6, 6.07) is 0.399. The second-order valence-electron chi connectivity index (χ2n) is 4.22. The summed E-state index contributed by atoms with van der Waals surface area (Å²) in [5, 5.41) is 3.44. The van der Waals surface area contributed by atoms with E-state index in [1.807, 2.05) is 6.92 Å². The molecule has 1 heterocycles. The number of unbranched alkanes of at least 4 members (excludes halogenated alkanes) is 1. The molecule has 1 aliphatic heterocycles. The normalized spacial score (nSPS) is 21.1. The Balaban J connectivity index is 2.57. The molecule has 3 heteroatoms. The fourth-order valence-electron chi connectivity index (χ4n) is 2.06. The van der Waals surface area contributed by atoms with E-state index in [-0.39, 0.29) is 5.97 Å². The average Bonchev–Trinajstić information content (AvgIpc) is 2.77. The molecule has 0 radical (unpaired) electrons. The van der Waals surface area contributed by atoms with Gasteiger partial charge in [-0.15, -0.1) is 0 Å². The summed E-state index contributed by atoms with van der Waals surface area (Å²) < 4.78 is 4.97. The standard InChI is InChI=1S/C13H23NO2/c1-3-5-7-11(10-13(15)16-4-2)12-8-6-9-14-12/h10,12,14H,3-9H2,1-2H3/b11-10-. The predicted molar refractivity (Wildman–Crippen MR) is 65.3 cm³/mol. The zero-order chi connectivity index (χ0) is 11.8. The first-order valence-electron chi connectivity index (χ1n) is 6.38. The highest BCUT2D eigenvalue weighted by Gasteiger charge is 2.19. The lowest BCUT2D eigenvalue weighted by molar-refractivity contribution is -0.137. The van der Waals surface area contributed by atoms with E-state index in [2.05, 4.69) is 12.2 Å². The molecule has 0 spiro atoms. The van der Waals surface area contributed by atoms with Crippen molar-refractivity contribution in [1.82, 2.24) is 5.32 Å². The van der Waals surface area contributed by atoms with Gasteiger partial charge in [-0.3, -0.25) is 0 Å². The number of rotatable bonds is 6. The van der Waals surface area contributed by atoms with Crippen LogP contribution in [-0.4, -0.2) is 25.2 Å². The van der Waals surface area contributed by atoms with E-state index in [9.17, 15) is 4.79 Å². The maximum absolute atomic E-state index is 11.4.